The summed E-state index contributed by atoms with van der Waals surface area (Å²) in [6.45, 7) is 8.70. The van der Waals surface area contributed by atoms with Crippen molar-refractivity contribution in [3.8, 4) is 0 Å². The van der Waals surface area contributed by atoms with Crippen LogP contribution in [0.3, 0.4) is 0 Å². The minimum atomic E-state index is 0.417. The molecule has 1 N–H and O–H groups in total. The molecule has 0 saturated heterocycles. The smallest absolute Gasteiger partial charge is 0.0559 e. The zero-order valence-electron chi connectivity index (χ0n) is 12.7. The van der Waals surface area contributed by atoms with Crippen LogP contribution in [0.4, 0.5) is 0 Å². The lowest BCUT2D eigenvalue weighted by atomic mass is 9.88. The Bertz CT molecular complexity index is 476. The van der Waals surface area contributed by atoms with Crippen LogP contribution in [0.25, 0.3) is 0 Å². The van der Waals surface area contributed by atoms with Gasteiger partial charge in [0.25, 0.3) is 0 Å². The number of aromatic nitrogens is 2. The van der Waals surface area contributed by atoms with E-state index in [9.17, 15) is 0 Å². The number of hydrogen-bond donors (Lipinski definition) is 1. The molecule has 0 radical (unpaired) electrons. The zero-order chi connectivity index (χ0) is 14.4. The fourth-order valence-corrected chi connectivity index (χ4v) is 2.52. The third-order valence-electron chi connectivity index (χ3n) is 3.74. The lowest BCUT2D eigenvalue weighted by Gasteiger charge is -2.24. The molecule has 108 valence electrons. The average molecular weight is 271 g/mol. The van der Waals surface area contributed by atoms with E-state index in [0.717, 1.165) is 13.1 Å². The molecule has 1 aromatic carbocycles. The molecule has 3 heteroatoms. The van der Waals surface area contributed by atoms with Gasteiger partial charge in [0.1, 0.15) is 0 Å². The summed E-state index contributed by atoms with van der Waals surface area (Å²) in [6, 6.07) is 13.2. The zero-order valence-corrected chi connectivity index (χ0v) is 12.7. The van der Waals surface area contributed by atoms with E-state index in [1.165, 1.54) is 5.56 Å². The van der Waals surface area contributed by atoms with Crippen LogP contribution in [0, 0.1) is 5.92 Å². The Kier molecular flexibility index (Phi) is 5.36. The highest BCUT2D eigenvalue weighted by molar-refractivity contribution is 5.20. The highest BCUT2D eigenvalue weighted by Gasteiger charge is 2.16. The molecule has 20 heavy (non-hydrogen) atoms. The van der Waals surface area contributed by atoms with Gasteiger partial charge >= 0.3 is 0 Å². The second-order valence-electron chi connectivity index (χ2n) is 5.80. The maximum absolute atomic E-state index is 4.25. The molecule has 2 aromatic rings. The van der Waals surface area contributed by atoms with E-state index in [0.29, 0.717) is 17.9 Å². The van der Waals surface area contributed by atoms with Crippen molar-refractivity contribution < 1.29 is 0 Å². The van der Waals surface area contributed by atoms with E-state index in [4.69, 9.17) is 0 Å². The molecule has 2 unspecified atom stereocenters. The highest BCUT2D eigenvalue weighted by atomic mass is 15.3. The molecule has 1 heterocycles. The molecule has 0 aliphatic carbocycles. The van der Waals surface area contributed by atoms with Crippen molar-refractivity contribution in [3.05, 3.63) is 54.4 Å². The van der Waals surface area contributed by atoms with Crippen LogP contribution in [0.5, 0.6) is 0 Å². The van der Waals surface area contributed by atoms with E-state index in [2.05, 4.69) is 61.5 Å². The molecular formula is C17H25N3. The third kappa shape index (κ3) is 4.20. The van der Waals surface area contributed by atoms with E-state index in [1.54, 1.807) is 0 Å². The molecule has 0 fully saturated rings. The molecule has 0 aliphatic rings. The van der Waals surface area contributed by atoms with Gasteiger partial charge in [-0.1, -0.05) is 44.2 Å². The van der Waals surface area contributed by atoms with Crippen LogP contribution in [-0.2, 0) is 6.54 Å². The predicted molar refractivity (Wildman–Crippen MR) is 83.7 cm³/mol. The van der Waals surface area contributed by atoms with Crippen molar-refractivity contribution in [2.45, 2.75) is 39.3 Å². The summed E-state index contributed by atoms with van der Waals surface area (Å²) in [5, 5.41) is 7.89. The van der Waals surface area contributed by atoms with E-state index in [-0.39, 0.29) is 0 Å². The Morgan fingerprint density at radius 2 is 1.85 bits per heavy atom. The van der Waals surface area contributed by atoms with Crippen molar-refractivity contribution in [1.29, 1.82) is 0 Å². The summed E-state index contributed by atoms with van der Waals surface area (Å²) in [7, 11) is 0. The van der Waals surface area contributed by atoms with Crippen LogP contribution >= 0.6 is 0 Å². The summed E-state index contributed by atoms with van der Waals surface area (Å²) in [5.74, 6) is 1.18. The lowest BCUT2D eigenvalue weighted by Crippen LogP contribution is -2.35. The second kappa shape index (κ2) is 7.25. The summed E-state index contributed by atoms with van der Waals surface area (Å²) in [5.41, 5.74) is 1.42. The standard InChI is InChI=1S/C17H25N3/c1-14(2)17(16-8-5-4-6-9-16)12-18-15(3)13-20-11-7-10-19-20/h4-11,14-15,17-18H,12-13H2,1-3H3. The average Bonchev–Trinajstić information content (AvgIpc) is 2.92. The van der Waals surface area contributed by atoms with Crippen LogP contribution in [0.1, 0.15) is 32.3 Å². The van der Waals surface area contributed by atoms with Crippen molar-refractivity contribution in [3.63, 3.8) is 0 Å². The molecule has 1 aromatic heterocycles. The van der Waals surface area contributed by atoms with Gasteiger partial charge < -0.3 is 5.32 Å². The van der Waals surface area contributed by atoms with E-state index in [1.807, 2.05) is 23.1 Å². The lowest BCUT2D eigenvalue weighted by molar-refractivity contribution is 0.398. The Morgan fingerprint density at radius 3 is 2.45 bits per heavy atom. The molecule has 2 rings (SSSR count). The summed E-state index contributed by atoms with van der Waals surface area (Å²) >= 11 is 0. The van der Waals surface area contributed by atoms with Gasteiger partial charge in [-0.25, -0.2) is 0 Å². The predicted octanol–water partition coefficient (Wildman–Crippen LogP) is 3.30. The number of benzene rings is 1. The van der Waals surface area contributed by atoms with Gasteiger partial charge in [0, 0.05) is 25.0 Å². The van der Waals surface area contributed by atoms with Gasteiger partial charge in [-0.3, -0.25) is 4.68 Å². The first-order chi connectivity index (χ1) is 9.66. The molecule has 0 amide bonds. The first-order valence-corrected chi connectivity index (χ1v) is 7.42. The van der Waals surface area contributed by atoms with E-state index < -0.39 is 0 Å². The van der Waals surface area contributed by atoms with Crippen LogP contribution in [0.15, 0.2) is 48.8 Å². The number of hydrogen-bond acceptors (Lipinski definition) is 2. The molecule has 2 atom stereocenters. The Hall–Kier alpha value is -1.61. The highest BCUT2D eigenvalue weighted by Crippen LogP contribution is 2.23. The van der Waals surface area contributed by atoms with Crippen molar-refractivity contribution >= 4 is 0 Å². The summed E-state index contributed by atoms with van der Waals surface area (Å²) in [6.07, 6.45) is 3.84. The minimum absolute atomic E-state index is 0.417. The topological polar surface area (TPSA) is 29.9 Å². The molecule has 3 nitrogen and oxygen atoms in total. The molecule has 0 spiro atoms. The summed E-state index contributed by atoms with van der Waals surface area (Å²) < 4.78 is 1.98. The van der Waals surface area contributed by atoms with Crippen LogP contribution in [-0.4, -0.2) is 22.4 Å². The van der Waals surface area contributed by atoms with Gasteiger partial charge in [-0.2, -0.15) is 5.10 Å². The Balaban J connectivity index is 1.89. The molecule has 0 bridgehead atoms. The van der Waals surface area contributed by atoms with Crippen molar-refractivity contribution in [1.82, 2.24) is 15.1 Å². The molecule has 0 saturated carbocycles. The summed E-state index contributed by atoms with van der Waals surface area (Å²) in [4.78, 5) is 0. The Labute approximate surface area is 122 Å². The van der Waals surface area contributed by atoms with Crippen molar-refractivity contribution in [2.75, 3.05) is 6.54 Å². The number of nitrogens with zero attached hydrogens (tertiary/aromatic N) is 2. The first-order valence-electron chi connectivity index (χ1n) is 7.42. The maximum atomic E-state index is 4.25. The normalized spacial score (nSPS) is 14.4. The SMILES string of the molecule is CC(Cn1cccn1)NCC(c1ccccc1)C(C)C. The maximum Gasteiger partial charge on any atom is 0.0559 e. The van der Waals surface area contributed by atoms with Crippen molar-refractivity contribution in [2.24, 2.45) is 5.92 Å². The molecular weight excluding hydrogens is 246 g/mol. The first kappa shape index (κ1) is 14.8. The van der Waals surface area contributed by atoms with Gasteiger partial charge in [0.05, 0.1) is 6.54 Å². The fourth-order valence-electron chi connectivity index (χ4n) is 2.52. The van der Waals surface area contributed by atoms with Gasteiger partial charge in [-0.05, 0) is 30.4 Å². The second-order valence-corrected chi connectivity index (χ2v) is 5.80. The third-order valence-corrected chi connectivity index (χ3v) is 3.74. The van der Waals surface area contributed by atoms with Gasteiger partial charge in [0.15, 0.2) is 0 Å². The van der Waals surface area contributed by atoms with Crippen LogP contribution in [0.2, 0.25) is 0 Å². The fraction of sp³-hybridized carbons (Fsp3) is 0.471. The van der Waals surface area contributed by atoms with E-state index >= 15 is 0 Å². The number of nitrogens with one attached hydrogen (secondary N) is 1. The monoisotopic (exact) mass is 271 g/mol. The number of rotatable bonds is 7. The van der Waals surface area contributed by atoms with Crippen LogP contribution < -0.4 is 5.32 Å². The van der Waals surface area contributed by atoms with Gasteiger partial charge in [0.2, 0.25) is 0 Å². The minimum Gasteiger partial charge on any atom is -0.312 e. The molecule has 0 aliphatic heterocycles. The largest absolute Gasteiger partial charge is 0.312 e. The van der Waals surface area contributed by atoms with Gasteiger partial charge in [-0.15, -0.1) is 0 Å². The Morgan fingerprint density at radius 1 is 1.10 bits per heavy atom. The quantitative estimate of drug-likeness (QED) is 0.837.